The highest BCUT2D eigenvalue weighted by molar-refractivity contribution is 6.30. The Bertz CT molecular complexity index is 813. The zero-order chi connectivity index (χ0) is 16.2. The fraction of sp³-hybridized carbons (Fsp3) is 0. The summed E-state index contributed by atoms with van der Waals surface area (Å²) in [7, 11) is 0. The summed E-state index contributed by atoms with van der Waals surface area (Å²) in [6, 6.07) is 17.8. The second-order valence-corrected chi connectivity index (χ2v) is 5.38. The first-order valence-electron chi connectivity index (χ1n) is 6.94. The van der Waals surface area contributed by atoms with Crippen LogP contribution in [-0.2, 0) is 0 Å². The van der Waals surface area contributed by atoms with E-state index >= 15 is 0 Å². The van der Waals surface area contributed by atoms with Crippen molar-refractivity contribution in [2.45, 2.75) is 0 Å². The van der Waals surface area contributed by atoms with Crippen molar-refractivity contribution in [1.29, 1.82) is 0 Å². The van der Waals surface area contributed by atoms with Gasteiger partial charge in [-0.05, 0) is 47.5 Å². The summed E-state index contributed by atoms with van der Waals surface area (Å²) in [6.45, 7) is 0. The van der Waals surface area contributed by atoms with Crippen molar-refractivity contribution < 1.29 is 9.90 Å². The van der Waals surface area contributed by atoms with E-state index in [1.165, 1.54) is 18.3 Å². The number of benzene rings is 2. The number of halogens is 1. The van der Waals surface area contributed by atoms with Crippen LogP contribution >= 0.6 is 11.6 Å². The molecule has 0 saturated heterocycles. The molecular formula is C18H13ClN2O2. The number of hydrogen-bond donors (Lipinski definition) is 2. The molecule has 0 atom stereocenters. The lowest BCUT2D eigenvalue weighted by Crippen LogP contribution is -2.12. The Hall–Kier alpha value is -2.85. The van der Waals surface area contributed by atoms with Gasteiger partial charge in [-0.25, -0.2) is 4.98 Å². The minimum Gasteiger partial charge on any atom is -0.506 e. The van der Waals surface area contributed by atoms with Gasteiger partial charge in [-0.1, -0.05) is 35.9 Å². The predicted octanol–water partition coefficient (Wildman–Crippen LogP) is 4.36. The molecule has 2 N–H and O–H groups in total. The van der Waals surface area contributed by atoms with Gasteiger partial charge in [-0.15, -0.1) is 0 Å². The predicted molar refractivity (Wildman–Crippen MR) is 90.7 cm³/mol. The summed E-state index contributed by atoms with van der Waals surface area (Å²) >= 11 is 5.88. The van der Waals surface area contributed by atoms with Crippen LogP contribution < -0.4 is 5.32 Å². The van der Waals surface area contributed by atoms with E-state index in [1.54, 1.807) is 12.1 Å². The SMILES string of the molecule is O=C(Nc1ccc(O)cn1)c1ccc(-c2ccc(Cl)cc2)cc1. The van der Waals surface area contributed by atoms with Crippen molar-refractivity contribution in [2.24, 2.45) is 0 Å². The molecule has 5 heteroatoms. The summed E-state index contributed by atoms with van der Waals surface area (Å²) < 4.78 is 0. The maximum Gasteiger partial charge on any atom is 0.256 e. The number of carbonyl (C=O) groups is 1. The summed E-state index contributed by atoms with van der Waals surface area (Å²) in [4.78, 5) is 16.1. The Balaban J connectivity index is 1.74. The van der Waals surface area contributed by atoms with Gasteiger partial charge in [0.15, 0.2) is 0 Å². The molecule has 0 fully saturated rings. The van der Waals surface area contributed by atoms with Crippen LogP contribution in [0.15, 0.2) is 66.9 Å². The molecule has 1 aromatic heterocycles. The molecule has 0 aliphatic heterocycles. The fourth-order valence-electron chi connectivity index (χ4n) is 2.10. The van der Waals surface area contributed by atoms with Gasteiger partial charge in [-0.2, -0.15) is 0 Å². The number of rotatable bonds is 3. The van der Waals surface area contributed by atoms with Crippen molar-refractivity contribution >= 4 is 23.3 Å². The standard InChI is InChI=1S/C18H13ClN2O2/c19-15-7-5-13(6-8-15)12-1-3-14(4-2-12)18(23)21-17-10-9-16(22)11-20-17/h1-11,22H,(H,20,21,23). The topological polar surface area (TPSA) is 62.2 Å². The summed E-state index contributed by atoms with van der Waals surface area (Å²) in [5.74, 6) is 0.177. The second kappa shape index (κ2) is 6.50. The normalized spacial score (nSPS) is 10.3. The molecule has 3 aromatic rings. The van der Waals surface area contributed by atoms with Crippen molar-refractivity contribution in [2.75, 3.05) is 5.32 Å². The van der Waals surface area contributed by atoms with E-state index in [1.807, 2.05) is 36.4 Å². The van der Waals surface area contributed by atoms with Crippen LogP contribution in [0.3, 0.4) is 0 Å². The van der Waals surface area contributed by atoms with Gasteiger partial charge >= 0.3 is 0 Å². The van der Waals surface area contributed by atoms with Crippen LogP contribution in [0.5, 0.6) is 5.75 Å². The first-order chi connectivity index (χ1) is 11.1. The van der Waals surface area contributed by atoms with Crippen LogP contribution in [-0.4, -0.2) is 16.0 Å². The second-order valence-electron chi connectivity index (χ2n) is 4.94. The lowest BCUT2D eigenvalue weighted by Gasteiger charge is -2.06. The molecule has 1 amide bonds. The van der Waals surface area contributed by atoms with E-state index < -0.39 is 0 Å². The lowest BCUT2D eigenvalue weighted by atomic mass is 10.0. The molecule has 0 bridgehead atoms. The number of nitrogens with one attached hydrogen (secondary N) is 1. The van der Waals surface area contributed by atoms with Crippen LogP contribution in [0.1, 0.15) is 10.4 Å². The monoisotopic (exact) mass is 324 g/mol. The Morgan fingerprint density at radius 3 is 2.09 bits per heavy atom. The number of anilines is 1. The van der Waals surface area contributed by atoms with Crippen LogP contribution in [0.25, 0.3) is 11.1 Å². The highest BCUT2D eigenvalue weighted by Gasteiger charge is 2.07. The van der Waals surface area contributed by atoms with Gasteiger partial charge < -0.3 is 10.4 Å². The molecule has 2 aromatic carbocycles. The summed E-state index contributed by atoms with van der Waals surface area (Å²) in [6.07, 6.45) is 1.28. The zero-order valence-corrected chi connectivity index (χ0v) is 12.8. The van der Waals surface area contributed by atoms with Crippen LogP contribution in [0.2, 0.25) is 5.02 Å². The molecule has 3 rings (SSSR count). The van der Waals surface area contributed by atoms with Gasteiger partial charge in [0.05, 0.1) is 6.20 Å². The first-order valence-corrected chi connectivity index (χ1v) is 7.32. The average molecular weight is 325 g/mol. The third-order valence-corrected chi connectivity index (χ3v) is 3.57. The van der Waals surface area contributed by atoms with Crippen molar-refractivity contribution in [3.05, 3.63) is 77.4 Å². The molecule has 23 heavy (non-hydrogen) atoms. The van der Waals surface area contributed by atoms with E-state index in [2.05, 4.69) is 10.3 Å². The highest BCUT2D eigenvalue weighted by atomic mass is 35.5. The van der Waals surface area contributed by atoms with E-state index in [0.717, 1.165) is 11.1 Å². The Labute approximate surface area is 138 Å². The average Bonchev–Trinajstić information content (AvgIpc) is 2.58. The van der Waals surface area contributed by atoms with Gasteiger partial charge in [0, 0.05) is 10.6 Å². The number of amides is 1. The van der Waals surface area contributed by atoms with Crippen molar-refractivity contribution in [1.82, 2.24) is 4.98 Å². The Morgan fingerprint density at radius 1 is 0.913 bits per heavy atom. The van der Waals surface area contributed by atoms with Crippen molar-refractivity contribution in [3.8, 4) is 16.9 Å². The molecule has 0 aliphatic rings. The molecular weight excluding hydrogens is 312 g/mol. The number of nitrogens with zero attached hydrogens (tertiary/aromatic N) is 1. The molecule has 0 aliphatic carbocycles. The van der Waals surface area contributed by atoms with Gasteiger partial charge in [0.1, 0.15) is 11.6 Å². The van der Waals surface area contributed by atoms with E-state index in [0.29, 0.717) is 16.4 Å². The number of hydrogen-bond acceptors (Lipinski definition) is 3. The zero-order valence-electron chi connectivity index (χ0n) is 12.0. The quantitative estimate of drug-likeness (QED) is 0.752. The maximum atomic E-state index is 12.2. The minimum atomic E-state index is -0.258. The fourth-order valence-corrected chi connectivity index (χ4v) is 2.23. The molecule has 114 valence electrons. The number of aromatic nitrogens is 1. The number of aromatic hydroxyl groups is 1. The van der Waals surface area contributed by atoms with Gasteiger partial charge in [0.2, 0.25) is 0 Å². The third-order valence-electron chi connectivity index (χ3n) is 3.31. The molecule has 0 unspecified atom stereocenters. The van der Waals surface area contributed by atoms with E-state index in [4.69, 9.17) is 11.6 Å². The maximum absolute atomic E-state index is 12.2. The van der Waals surface area contributed by atoms with E-state index in [9.17, 15) is 9.90 Å². The Morgan fingerprint density at radius 2 is 1.52 bits per heavy atom. The number of pyridine rings is 1. The first kappa shape index (κ1) is 15.1. The van der Waals surface area contributed by atoms with E-state index in [-0.39, 0.29) is 11.7 Å². The molecule has 0 spiro atoms. The van der Waals surface area contributed by atoms with Gasteiger partial charge in [-0.3, -0.25) is 4.79 Å². The third kappa shape index (κ3) is 3.67. The van der Waals surface area contributed by atoms with Crippen LogP contribution in [0.4, 0.5) is 5.82 Å². The lowest BCUT2D eigenvalue weighted by molar-refractivity contribution is 0.102. The Kier molecular flexibility index (Phi) is 4.26. The van der Waals surface area contributed by atoms with Crippen LogP contribution in [0, 0.1) is 0 Å². The molecule has 0 radical (unpaired) electrons. The van der Waals surface area contributed by atoms with Crippen molar-refractivity contribution in [3.63, 3.8) is 0 Å². The van der Waals surface area contributed by atoms with Gasteiger partial charge in [0.25, 0.3) is 5.91 Å². The molecule has 4 nitrogen and oxygen atoms in total. The smallest absolute Gasteiger partial charge is 0.256 e. The summed E-state index contributed by atoms with van der Waals surface area (Å²) in [5, 5.41) is 12.5. The minimum absolute atomic E-state index is 0.0512. The number of carbonyl (C=O) groups excluding carboxylic acids is 1. The largest absolute Gasteiger partial charge is 0.506 e. The molecule has 0 saturated carbocycles. The highest BCUT2D eigenvalue weighted by Crippen LogP contribution is 2.22. The summed E-state index contributed by atoms with van der Waals surface area (Å²) in [5.41, 5.74) is 2.56. The molecule has 1 heterocycles.